The lowest BCUT2D eigenvalue weighted by Crippen LogP contribution is -2.35. The first-order valence-electron chi connectivity index (χ1n) is 5.97. The second-order valence-corrected chi connectivity index (χ2v) is 5.34. The molecule has 1 N–H and O–H groups in total. The van der Waals surface area contributed by atoms with E-state index < -0.39 is 5.97 Å². The van der Waals surface area contributed by atoms with Crippen LogP contribution in [0.15, 0.2) is 18.2 Å². The van der Waals surface area contributed by atoms with Gasteiger partial charge in [0.1, 0.15) is 0 Å². The minimum absolute atomic E-state index is 0.0621. The van der Waals surface area contributed by atoms with Crippen LogP contribution in [0.1, 0.15) is 29.6 Å². The summed E-state index contributed by atoms with van der Waals surface area (Å²) >= 11 is 11.8. The molecule has 1 aliphatic rings. The lowest BCUT2D eigenvalue weighted by molar-refractivity contribution is -0.137. The van der Waals surface area contributed by atoms with Gasteiger partial charge in [-0.25, -0.2) is 0 Å². The van der Waals surface area contributed by atoms with Crippen LogP contribution in [0.3, 0.4) is 0 Å². The predicted molar refractivity (Wildman–Crippen MR) is 72.8 cm³/mol. The lowest BCUT2D eigenvalue weighted by Gasteiger charge is -2.22. The zero-order chi connectivity index (χ0) is 14.0. The molecule has 1 fully saturated rings. The van der Waals surface area contributed by atoms with Gasteiger partial charge in [0, 0.05) is 17.6 Å². The van der Waals surface area contributed by atoms with Crippen molar-refractivity contribution in [2.75, 3.05) is 6.54 Å². The summed E-state index contributed by atoms with van der Waals surface area (Å²) in [6, 6.07) is 4.82. The Morgan fingerprint density at radius 1 is 1.32 bits per heavy atom. The average molecular weight is 302 g/mol. The van der Waals surface area contributed by atoms with Crippen molar-refractivity contribution in [1.82, 2.24) is 4.90 Å². The van der Waals surface area contributed by atoms with Gasteiger partial charge in [0.05, 0.1) is 17.0 Å². The van der Waals surface area contributed by atoms with Crippen LogP contribution in [0.25, 0.3) is 0 Å². The molecule has 19 heavy (non-hydrogen) atoms. The fraction of sp³-hybridized carbons (Fsp3) is 0.385. The van der Waals surface area contributed by atoms with E-state index in [2.05, 4.69) is 0 Å². The third-order valence-corrected chi connectivity index (χ3v) is 3.52. The maximum atomic E-state index is 12.4. The molecule has 1 amide bonds. The molecule has 0 radical (unpaired) electrons. The van der Waals surface area contributed by atoms with Gasteiger partial charge in [-0.05, 0) is 31.0 Å². The van der Waals surface area contributed by atoms with Crippen molar-refractivity contribution in [2.45, 2.75) is 25.3 Å². The first-order valence-corrected chi connectivity index (χ1v) is 6.72. The van der Waals surface area contributed by atoms with Crippen molar-refractivity contribution >= 4 is 35.1 Å². The highest BCUT2D eigenvalue weighted by Crippen LogP contribution is 2.30. The summed E-state index contributed by atoms with van der Waals surface area (Å²) in [4.78, 5) is 24.6. The van der Waals surface area contributed by atoms with Crippen molar-refractivity contribution in [1.29, 1.82) is 0 Å². The third kappa shape index (κ3) is 3.61. The fourth-order valence-corrected chi connectivity index (χ4v) is 2.36. The highest BCUT2D eigenvalue weighted by Gasteiger charge is 2.33. The monoisotopic (exact) mass is 301 g/mol. The molecule has 6 heteroatoms. The van der Waals surface area contributed by atoms with E-state index in [-0.39, 0.29) is 24.9 Å². The van der Waals surface area contributed by atoms with Crippen molar-refractivity contribution in [3.63, 3.8) is 0 Å². The molecule has 0 saturated heterocycles. The van der Waals surface area contributed by atoms with Crippen molar-refractivity contribution in [3.05, 3.63) is 33.8 Å². The standard InChI is InChI=1S/C13H13Cl2NO3/c14-8-1-4-10(11(15)7-8)13(19)16(9-2-3-9)6-5-12(17)18/h1,4,7,9H,2-3,5-6H2,(H,17,18). The van der Waals surface area contributed by atoms with E-state index in [1.54, 1.807) is 17.0 Å². The molecular formula is C13H13Cl2NO3. The molecule has 1 aliphatic carbocycles. The fourth-order valence-electron chi connectivity index (χ4n) is 1.87. The van der Waals surface area contributed by atoms with E-state index in [1.165, 1.54) is 6.07 Å². The predicted octanol–water partition coefficient (Wildman–Crippen LogP) is 3.07. The molecular weight excluding hydrogens is 289 g/mol. The summed E-state index contributed by atoms with van der Waals surface area (Å²) in [7, 11) is 0. The van der Waals surface area contributed by atoms with Crippen LogP contribution in [0, 0.1) is 0 Å². The normalized spacial score (nSPS) is 14.2. The summed E-state index contributed by atoms with van der Waals surface area (Å²) in [5.74, 6) is -1.15. The van der Waals surface area contributed by atoms with Gasteiger partial charge in [0.2, 0.25) is 0 Å². The largest absolute Gasteiger partial charge is 0.481 e. The van der Waals surface area contributed by atoms with Crippen LogP contribution in [-0.2, 0) is 4.79 Å². The van der Waals surface area contributed by atoms with Gasteiger partial charge in [-0.1, -0.05) is 23.2 Å². The molecule has 0 aromatic heterocycles. The molecule has 0 atom stereocenters. The Labute approximate surface area is 120 Å². The smallest absolute Gasteiger partial charge is 0.305 e. The Kier molecular flexibility index (Phi) is 4.32. The molecule has 2 rings (SSSR count). The van der Waals surface area contributed by atoms with E-state index in [1.807, 2.05) is 0 Å². The summed E-state index contributed by atoms with van der Waals surface area (Å²) in [6.45, 7) is 0.206. The number of nitrogens with zero attached hydrogens (tertiary/aromatic N) is 1. The molecule has 1 aromatic rings. The Morgan fingerprint density at radius 2 is 2.00 bits per heavy atom. The summed E-state index contributed by atoms with van der Waals surface area (Å²) in [5.41, 5.74) is 0.364. The molecule has 4 nitrogen and oxygen atoms in total. The van der Waals surface area contributed by atoms with Gasteiger partial charge in [0.25, 0.3) is 5.91 Å². The number of carbonyl (C=O) groups is 2. The maximum Gasteiger partial charge on any atom is 0.305 e. The Balaban J connectivity index is 2.16. The minimum Gasteiger partial charge on any atom is -0.481 e. The minimum atomic E-state index is -0.916. The topological polar surface area (TPSA) is 57.6 Å². The Bertz CT molecular complexity index is 515. The van der Waals surface area contributed by atoms with Crippen LogP contribution in [0.5, 0.6) is 0 Å². The van der Waals surface area contributed by atoms with Crippen LogP contribution >= 0.6 is 23.2 Å². The number of carboxylic acids is 1. The quantitative estimate of drug-likeness (QED) is 0.909. The van der Waals surface area contributed by atoms with Gasteiger partial charge in [-0.15, -0.1) is 0 Å². The highest BCUT2D eigenvalue weighted by molar-refractivity contribution is 6.36. The summed E-state index contributed by atoms with van der Waals surface area (Å²) < 4.78 is 0. The zero-order valence-corrected chi connectivity index (χ0v) is 11.6. The number of carboxylic acid groups (broad SMARTS) is 1. The lowest BCUT2D eigenvalue weighted by atomic mass is 10.2. The molecule has 0 bridgehead atoms. The molecule has 0 unspecified atom stereocenters. The number of halogens is 2. The highest BCUT2D eigenvalue weighted by atomic mass is 35.5. The Morgan fingerprint density at radius 3 is 2.53 bits per heavy atom. The molecule has 0 spiro atoms. The number of carbonyl (C=O) groups excluding carboxylic acids is 1. The first kappa shape index (κ1) is 14.2. The van der Waals surface area contributed by atoms with E-state index in [4.69, 9.17) is 28.3 Å². The molecule has 102 valence electrons. The van der Waals surface area contributed by atoms with Crippen LogP contribution in [0.2, 0.25) is 10.0 Å². The Hall–Kier alpha value is -1.26. The van der Waals surface area contributed by atoms with Crippen LogP contribution in [0.4, 0.5) is 0 Å². The van der Waals surface area contributed by atoms with E-state index in [9.17, 15) is 9.59 Å². The number of amides is 1. The zero-order valence-electron chi connectivity index (χ0n) is 10.1. The first-order chi connectivity index (χ1) is 8.99. The summed E-state index contributed by atoms with van der Waals surface area (Å²) in [6.07, 6.45) is 1.76. The van der Waals surface area contributed by atoms with Crippen molar-refractivity contribution in [3.8, 4) is 0 Å². The van der Waals surface area contributed by atoms with Crippen LogP contribution in [-0.4, -0.2) is 34.5 Å². The third-order valence-electron chi connectivity index (χ3n) is 2.98. The van der Waals surface area contributed by atoms with Crippen LogP contribution < -0.4 is 0 Å². The second-order valence-electron chi connectivity index (χ2n) is 4.50. The molecule has 0 aliphatic heterocycles. The number of aliphatic carboxylic acids is 1. The SMILES string of the molecule is O=C(O)CCN(C(=O)c1ccc(Cl)cc1Cl)C1CC1. The molecule has 0 heterocycles. The van der Waals surface area contributed by atoms with Gasteiger partial charge < -0.3 is 10.0 Å². The van der Waals surface area contributed by atoms with Gasteiger partial charge in [-0.3, -0.25) is 9.59 Å². The van der Waals surface area contributed by atoms with Gasteiger partial charge in [-0.2, -0.15) is 0 Å². The maximum absolute atomic E-state index is 12.4. The molecule has 1 aromatic carbocycles. The van der Waals surface area contributed by atoms with Gasteiger partial charge >= 0.3 is 5.97 Å². The second kappa shape index (κ2) is 5.80. The number of hydrogen-bond acceptors (Lipinski definition) is 2. The van der Waals surface area contributed by atoms with Crippen molar-refractivity contribution < 1.29 is 14.7 Å². The average Bonchev–Trinajstić information content (AvgIpc) is 3.13. The summed E-state index contributed by atoms with van der Waals surface area (Å²) in [5, 5.41) is 9.48. The van der Waals surface area contributed by atoms with E-state index in [0.29, 0.717) is 15.6 Å². The van der Waals surface area contributed by atoms with E-state index >= 15 is 0 Å². The number of hydrogen-bond donors (Lipinski definition) is 1. The number of benzene rings is 1. The van der Waals surface area contributed by atoms with Crippen molar-refractivity contribution in [2.24, 2.45) is 0 Å². The molecule has 1 saturated carbocycles. The van der Waals surface area contributed by atoms with E-state index in [0.717, 1.165) is 12.8 Å². The number of rotatable bonds is 5. The van der Waals surface area contributed by atoms with Gasteiger partial charge in [0.15, 0.2) is 0 Å².